The topological polar surface area (TPSA) is 70.4 Å². The van der Waals surface area contributed by atoms with Crippen molar-refractivity contribution in [3.05, 3.63) is 12.2 Å². The van der Waals surface area contributed by atoms with Crippen molar-refractivity contribution in [2.24, 2.45) is 5.84 Å². The largest absolute Gasteiger partial charge is 0.345 e. The van der Waals surface area contributed by atoms with Gasteiger partial charge in [0, 0.05) is 13.1 Å². The molecule has 5 heteroatoms. The Hall–Kier alpha value is -1.07. The molecule has 1 aliphatic heterocycles. The van der Waals surface area contributed by atoms with Gasteiger partial charge in [0.25, 0.3) is 0 Å². The number of hydrogen-bond acceptors (Lipinski definition) is 3. The van der Waals surface area contributed by atoms with E-state index in [4.69, 9.17) is 5.84 Å². The highest BCUT2D eigenvalue weighted by molar-refractivity contribution is 5.72. The number of carbonyl (C=O) groups excluding carboxylic acids is 1. The predicted molar refractivity (Wildman–Crippen MR) is 41.2 cm³/mol. The minimum atomic E-state index is -0.297. The Morgan fingerprint density at radius 3 is 3.18 bits per heavy atom. The molecular weight excluding hydrogens is 144 g/mol. The van der Waals surface area contributed by atoms with Crippen molar-refractivity contribution in [3.63, 3.8) is 0 Å². The lowest BCUT2D eigenvalue weighted by atomic mass is 10.4. The molecule has 0 radical (unpaired) electrons. The molecule has 0 aliphatic carbocycles. The standard InChI is InChI=1S/C6H12N4O/c7-9-6(11)10-5-3-1-2-4-8-10/h1-2,8H,3-5,7H2,(H,9,11). The van der Waals surface area contributed by atoms with E-state index in [1.807, 2.05) is 12.2 Å². The first-order valence-corrected chi connectivity index (χ1v) is 3.51. The summed E-state index contributed by atoms with van der Waals surface area (Å²) < 4.78 is 0. The SMILES string of the molecule is NNC(=O)N1CCC=CCN1. The fourth-order valence-corrected chi connectivity index (χ4v) is 0.898. The van der Waals surface area contributed by atoms with Crippen LogP contribution in [-0.2, 0) is 0 Å². The number of amides is 2. The molecule has 0 aromatic heterocycles. The van der Waals surface area contributed by atoms with Gasteiger partial charge in [-0.3, -0.25) is 10.4 Å². The smallest absolute Gasteiger partial charge is 0.275 e. The third-order valence-corrected chi connectivity index (χ3v) is 1.45. The van der Waals surface area contributed by atoms with Gasteiger partial charge in [-0.2, -0.15) is 0 Å². The van der Waals surface area contributed by atoms with Crippen LogP contribution in [0.3, 0.4) is 0 Å². The normalized spacial score (nSPS) is 17.7. The third kappa shape index (κ3) is 2.21. The molecular formula is C6H12N4O. The van der Waals surface area contributed by atoms with Crippen LogP contribution in [0.2, 0.25) is 0 Å². The van der Waals surface area contributed by atoms with Crippen LogP contribution < -0.4 is 16.7 Å². The van der Waals surface area contributed by atoms with Gasteiger partial charge in [-0.15, -0.1) is 0 Å². The first kappa shape index (κ1) is 8.03. The van der Waals surface area contributed by atoms with Crippen molar-refractivity contribution in [1.82, 2.24) is 15.9 Å². The van der Waals surface area contributed by atoms with Crippen molar-refractivity contribution in [2.75, 3.05) is 13.1 Å². The van der Waals surface area contributed by atoms with E-state index >= 15 is 0 Å². The Bertz CT molecular complexity index is 158. The number of urea groups is 1. The van der Waals surface area contributed by atoms with Gasteiger partial charge in [-0.05, 0) is 6.42 Å². The van der Waals surface area contributed by atoms with Crippen molar-refractivity contribution in [1.29, 1.82) is 0 Å². The summed E-state index contributed by atoms with van der Waals surface area (Å²) in [5.41, 5.74) is 4.95. The van der Waals surface area contributed by atoms with Gasteiger partial charge in [0.1, 0.15) is 0 Å². The van der Waals surface area contributed by atoms with Gasteiger partial charge in [-0.1, -0.05) is 12.2 Å². The van der Waals surface area contributed by atoms with Crippen LogP contribution in [0.15, 0.2) is 12.2 Å². The van der Waals surface area contributed by atoms with Gasteiger partial charge < -0.3 is 0 Å². The first-order chi connectivity index (χ1) is 5.34. The molecule has 0 bridgehead atoms. The summed E-state index contributed by atoms with van der Waals surface area (Å²) in [6, 6.07) is -0.297. The Morgan fingerprint density at radius 1 is 1.64 bits per heavy atom. The van der Waals surface area contributed by atoms with Crippen LogP contribution in [-0.4, -0.2) is 24.1 Å². The number of nitrogens with two attached hydrogens (primary N) is 1. The van der Waals surface area contributed by atoms with Crippen molar-refractivity contribution in [3.8, 4) is 0 Å². The number of hydrazine groups is 2. The molecule has 62 valence electrons. The fourth-order valence-electron chi connectivity index (χ4n) is 0.898. The number of carbonyl (C=O) groups is 1. The van der Waals surface area contributed by atoms with Crippen molar-refractivity contribution >= 4 is 6.03 Å². The minimum Gasteiger partial charge on any atom is -0.275 e. The quantitative estimate of drug-likeness (QED) is 0.189. The highest BCUT2D eigenvalue weighted by Crippen LogP contribution is 1.93. The molecule has 11 heavy (non-hydrogen) atoms. The highest BCUT2D eigenvalue weighted by atomic mass is 16.2. The lowest BCUT2D eigenvalue weighted by molar-refractivity contribution is 0.177. The van der Waals surface area contributed by atoms with Gasteiger partial charge >= 0.3 is 6.03 Å². The van der Waals surface area contributed by atoms with E-state index in [-0.39, 0.29) is 6.03 Å². The van der Waals surface area contributed by atoms with E-state index in [1.54, 1.807) is 0 Å². The molecule has 1 aliphatic rings. The molecule has 4 N–H and O–H groups in total. The van der Waals surface area contributed by atoms with Crippen LogP contribution in [0, 0.1) is 0 Å². The predicted octanol–water partition coefficient (Wildman–Crippen LogP) is -0.664. The average molecular weight is 156 g/mol. The Labute approximate surface area is 65.2 Å². The highest BCUT2D eigenvalue weighted by Gasteiger charge is 2.10. The fraction of sp³-hybridized carbons (Fsp3) is 0.500. The molecule has 2 amide bonds. The molecule has 0 saturated heterocycles. The summed E-state index contributed by atoms with van der Waals surface area (Å²) in [4.78, 5) is 10.9. The van der Waals surface area contributed by atoms with Crippen molar-refractivity contribution < 1.29 is 4.79 Å². The first-order valence-electron chi connectivity index (χ1n) is 3.51. The summed E-state index contributed by atoms with van der Waals surface area (Å²) in [5.74, 6) is 4.95. The molecule has 0 aromatic rings. The molecule has 0 spiro atoms. The molecule has 0 fully saturated rings. The lowest BCUT2D eigenvalue weighted by Crippen LogP contribution is -2.50. The Morgan fingerprint density at radius 2 is 2.45 bits per heavy atom. The number of hydrogen-bond donors (Lipinski definition) is 3. The summed E-state index contributed by atoms with van der Waals surface area (Å²) in [5, 5.41) is 1.46. The summed E-state index contributed by atoms with van der Waals surface area (Å²) in [6.07, 6.45) is 4.86. The second-order valence-electron chi connectivity index (χ2n) is 2.22. The summed E-state index contributed by atoms with van der Waals surface area (Å²) in [6.45, 7) is 1.33. The number of rotatable bonds is 0. The van der Waals surface area contributed by atoms with E-state index in [0.29, 0.717) is 13.1 Å². The third-order valence-electron chi connectivity index (χ3n) is 1.45. The molecule has 0 unspecified atom stereocenters. The van der Waals surface area contributed by atoms with Crippen LogP contribution in [0.4, 0.5) is 4.79 Å². The minimum absolute atomic E-state index is 0.297. The monoisotopic (exact) mass is 156 g/mol. The molecule has 0 aromatic carbocycles. The lowest BCUT2D eigenvalue weighted by Gasteiger charge is -2.19. The molecule has 1 heterocycles. The molecule has 0 saturated carbocycles. The number of nitrogens with zero attached hydrogens (tertiary/aromatic N) is 1. The molecule has 1 rings (SSSR count). The van der Waals surface area contributed by atoms with Gasteiger partial charge in [0.15, 0.2) is 0 Å². The molecule has 5 nitrogen and oxygen atoms in total. The maximum atomic E-state index is 10.9. The van der Waals surface area contributed by atoms with E-state index in [0.717, 1.165) is 6.42 Å². The second-order valence-corrected chi connectivity index (χ2v) is 2.22. The van der Waals surface area contributed by atoms with Crippen LogP contribution in [0.5, 0.6) is 0 Å². The van der Waals surface area contributed by atoms with Gasteiger partial charge in [-0.25, -0.2) is 16.1 Å². The maximum Gasteiger partial charge on any atom is 0.345 e. The van der Waals surface area contributed by atoms with E-state index in [9.17, 15) is 4.79 Å². The number of nitrogens with one attached hydrogen (secondary N) is 2. The Kier molecular flexibility index (Phi) is 2.88. The zero-order valence-corrected chi connectivity index (χ0v) is 6.21. The van der Waals surface area contributed by atoms with Crippen LogP contribution >= 0.6 is 0 Å². The van der Waals surface area contributed by atoms with Gasteiger partial charge in [0.2, 0.25) is 0 Å². The van der Waals surface area contributed by atoms with E-state index < -0.39 is 0 Å². The maximum absolute atomic E-state index is 10.9. The molecule has 0 atom stereocenters. The summed E-state index contributed by atoms with van der Waals surface area (Å²) >= 11 is 0. The Balaban J connectivity index is 2.40. The van der Waals surface area contributed by atoms with Crippen LogP contribution in [0.25, 0.3) is 0 Å². The van der Waals surface area contributed by atoms with Gasteiger partial charge in [0.05, 0.1) is 0 Å². The van der Waals surface area contributed by atoms with E-state index in [1.165, 1.54) is 5.01 Å². The zero-order valence-electron chi connectivity index (χ0n) is 6.21. The van der Waals surface area contributed by atoms with Crippen molar-refractivity contribution in [2.45, 2.75) is 6.42 Å². The van der Waals surface area contributed by atoms with Crippen LogP contribution in [0.1, 0.15) is 6.42 Å². The second kappa shape index (κ2) is 3.95. The zero-order chi connectivity index (χ0) is 8.10. The summed E-state index contributed by atoms with van der Waals surface area (Å²) in [7, 11) is 0. The average Bonchev–Trinajstić information content (AvgIpc) is 2.30. The van der Waals surface area contributed by atoms with E-state index in [2.05, 4.69) is 10.9 Å².